The smallest absolute Gasteiger partial charge is 0.293 e. The molecular formula is C19H15BrN2O6S. The van der Waals surface area contributed by atoms with Gasteiger partial charge in [-0.3, -0.25) is 24.6 Å². The molecule has 2 aromatic rings. The Balaban J connectivity index is 1.94. The molecule has 10 heteroatoms. The number of benzene rings is 2. The monoisotopic (exact) mass is 478 g/mol. The first-order valence-electron chi connectivity index (χ1n) is 8.24. The van der Waals surface area contributed by atoms with E-state index >= 15 is 0 Å². The second kappa shape index (κ2) is 8.66. The highest BCUT2D eigenvalue weighted by molar-refractivity contribution is 9.10. The quantitative estimate of drug-likeness (QED) is 0.339. The Morgan fingerprint density at radius 1 is 1.14 bits per heavy atom. The van der Waals surface area contributed by atoms with Gasteiger partial charge in [-0.05, 0) is 41.6 Å². The second-order valence-electron chi connectivity index (χ2n) is 5.92. The maximum absolute atomic E-state index is 12.7. The van der Waals surface area contributed by atoms with E-state index in [0.29, 0.717) is 0 Å². The van der Waals surface area contributed by atoms with E-state index in [4.69, 9.17) is 9.47 Å². The number of methoxy groups -OCH3 is 2. The van der Waals surface area contributed by atoms with Crippen molar-refractivity contribution in [3.05, 3.63) is 67.0 Å². The van der Waals surface area contributed by atoms with Gasteiger partial charge >= 0.3 is 0 Å². The lowest BCUT2D eigenvalue weighted by Gasteiger charge is -2.12. The van der Waals surface area contributed by atoms with Gasteiger partial charge in [0.1, 0.15) is 0 Å². The standard InChI is InChI=1S/C19H15BrN2O6S/c1-27-15-7-12(14(22(25)26)9-16(15)28-2)8-17-18(23)21(19(24)29-17)10-11-3-5-13(20)6-4-11/h3-9H,10H2,1-2H3/b17-8+. The van der Waals surface area contributed by atoms with Gasteiger partial charge < -0.3 is 9.47 Å². The Morgan fingerprint density at radius 2 is 1.76 bits per heavy atom. The molecule has 0 atom stereocenters. The number of carbonyl (C=O) groups is 2. The fourth-order valence-electron chi connectivity index (χ4n) is 2.71. The van der Waals surface area contributed by atoms with Crippen LogP contribution in [0.25, 0.3) is 6.08 Å². The van der Waals surface area contributed by atoms with Gasteiger partial charge in [0.2, 0.25) is 0 Å². The van der Waals surface area contributed by atoms with E-state index in [1.165, 1.54) is 32.4 Å². The van der Waals surface area contributed by atoms with Gasteiger partial charge in [0, 0.05) is 4.47 Å². The Labute approximate surface area is 178 Å². The fraction of sp³-hybridized carbons (Fsp3) is 0.158. The third-order valence-electron chi connectivity index (χ3n) is 4.14. The fourth-order valence-corrected chi connectivity index (χ4v) is 3.80. The van der Waals surface area contributed by atoms with Crippen molar-refractivity contribution in [1.82, 2.24) is 4.90 Å². The first-order chi connectivity index (χ1) is 13.8. The molecule has 0 bridgehead atoms. The number of ether oxygens (including phenoxy) is 2. The molecule has 8 nitrogen and oxygen atoms in total. The van der Waals surface area contributed by atoms with Crippen LogP contribution in [-0.2, 0) is 11.3 Å². The van der Waals surface area contributed by atoms with Crippen LogP contribution in [0.4, 0.5) is 10.5 Å². The lowest BCUT2D eigenvalue weighted by Crippen LogP contribution is -2.27. The first-order valence-corrected chi connectivity index (χ1v) is 9.85. The van der Waals surface area contributed by atoms with Gasteiger partial charge in [0.25, 0.3) is 16.8 Å². The number of carbonyl (C=O) groups excluding carboxylic acids is 2. The van der Waals surface area contributed by atoms with E-state index in [-0.39, 0.29) is 34.2 Å². The van der Waals surface area contributed by atoms with Crippen LogP contribution >= 0.6 is 27.7 Å². The Morgan fingerprint density at radius 3 is 2.34 bits per heavy atom. The van der Waals surface area contributed by atoms with Crippen molar-refractivity contribution >= 4 is 50.6 Å². The third-order valence-corrected chi connectivity index (χ3v) is 5.58. The van der Waals surface area contributed by atoms with Gasteiger partial charge in [0.05, 0.1) is 42.2 Å². The van der Waals surface area contributed by atoms with Crippen molar-refractivity contribution < 1.29 is 24.0 Å². The van der Waals surface area contributed by atoms with Gasteiger partial charge in [-0.25, -0.2) is 0 Å². The van der Waals surface area contributed by atoms with Crippen LogP contribution in [0.3, 0.4) is 0 Å². The molecule has 3 rings (SSSR count). The van der Waals surface area contributed by atoms with Crippen molar-refractivity contribution in [1.29, 1.82) is 0 Å². The lowest BCUT2D eigenvalue weighted by molar-refractivity contribution is -0.385. The largest absolute Gasteiger partial charge is 0.493 e. The van der Waals surface area contributed by atoms with Crippen LogP contribution < -0.4 is 9.47 Å². The topological polar surface area (TPSA) is 99.0 Å². The van der Waals surface area contributed by atoms with Crippen LogP contribution in [0.15, 0.2) is 45.8 Å². The number of nitro groups is 1. The van der Waals surface area contributed by atoms with Gasteiger partial charge in [-0.2, -0.15) is 0 Å². The van der Waals surface area contributed by atoms with E-state index in [1.54, 1.807) is 12.1 Å². The zero-order valence-corrected chi connectivity index (χ0v) is 17.8. The van der Waals surface area contributed by atoms with Crippen LogP contribution in [0.5, 0.6) is 11.5 Å². The number of thioether (sulfide) groups is 1. The first kappa shape index (κ1) is 20.9. The van der Waals surface area contributed by atoms with E-state index < -0.39 is 16.1 Å². The maximum Gasteiger partial charge on any atom is 0.293 e. The molecule has 1 heterocycles. The van der Waals surface area contributed by atoms with Crippen molar-refractivity contribution in [2.75, 3.05) is 14.2 Å². The molecule has 1 aliphatic heterocycles. The van der Waals surface area contributed by atoms with Crippen molar-refractivity contribution in [3.8, 4) is 11.5 Å². The molecule has 0 aliphatic carbocycles. The molecule has 1 saturated heterocycles. The van der Waals surface area contributed by atoms with E-state index in [0.717, 1.165) is 26.7 Å². The summed E-state index contributed by atoms with van der Waals surface area (Å²) in [5.41, 5.74) is 0.665. The molecule has 0 unspecified atom stereocenters. The Bertz CT molecular complexity index is 1020. The summed E-state index contributed by atoms with van der Waals surface area (Å²) in [5.74, 6) is -0.0369. The van der Waals surface area contributed by atoms with Crippen LogP contribution in [0, 0.1) is 10.1 Å². The molecule has 150 valence electrons. The molecule has 0 aromatic heterocycles. The average molecular weight is 479 g/mol. The number of rotatable bonds is 6. The SMILES string of the molecule is COc1cc(/C=C2/SC(=O)N(Cc3ccc(Br)cc3)C2=O)c([N+](=O)[O-])cc1OC. The van der Waals surface area contributed by atoms with Gasteiger partial charge in [-0.15, -0.1) is 0 Å². The molecule has 1 aliphatic rings. The molecule has 0 radical (unpaired) electrons. The molecule has 0 N–H and O–H groups in total. The minimum Gasteiger partial charge on any atom is -0.493 e. The van der Waals surface area contributed by atoms with E-state index in [1.807, 2.05) is 12.1 Å². The Kier molecular flexibility index (Phi) is 6.23. The highest BCUT2D eigenvalue weighted by atomic mass is 79.9. The molecule has 0 spiro atoms. The molecule has 2 amide bonds. The van der Waals surface area contributed by atoms with Gasteiger partial charge in [0.15, 0.2) is 11.5 Å². The summed E-state index contributed by atoms with van der Waals surface area (Å²) >= 11 is 4.07. The van der Waals surface area contributed by atoms with Crippen molar-refractivity contribution in [2.45, 2.75) is 6.54 Å². The van der Waals surface area contributed by atoms with Crippen molar-refractivity contribution in [2.24, 2.45) is 0 Å². The molecule has 0 saturated carbocycles. The lowest BCUT2D eigenvalue weighted by atomic mass is 10.1. The van der Waals surface area contributed by atoms with E-state index in [9.17, 15) is 19.7 Å². The summed E-state index contributed by atoms with van der Waals surface area (Å²) < 4.78 is 11.2. The highest BCUT2D eigenvalue weighted by Crippen LogP contribution is 2.39. The number of halogens is 1. The molecule has 29 heavy (non-hydrogen) atoms. The summed E-state index contributed by atoms with van der Waals surface area (Å²) in [6.07, 6.45) is 1.33. The highest BCUT2D eigenvalue weighted by Gasteiger charge is 2.35. The number of hydrogen-bond acceptors (Lipinski definition) is 7. The van der Waals surface area contributed by atoms with E-state index in [2.05, 4.69) is 15.9 Å². The predicted molar refractivity (Wildman–Crippen MR) is 112 cm³/mol. The van der Waals surface area contributed by atoms with Crippen molar-refractivity contribution in [3.63, 3.8) is 0 Å². The summed E-state index contributed by atoms with van der Waals surface area (Å²) in [7, 11) is 2.77. The number of nitro benzene ring substituents is 1. The summed E-state index contributed by atoms with van der Waals surface area (Å²) in [5, 5.41) is 11.0. The summed E-state index contributed by atoms with van der Waals surface area (Å²) in [4.78, 5) is 37.1. The normalized spacial score (nSPS) is 15.1. The third kappa shape index (κ3) is 4.43. The predicted octanol–water partition coefficient (Wildman–Crippen LogP) is 4.61. The zero-order valence-electron chi connectivity index (χ0n) is 15.4. The van der Waals surface area contributed by atoms with Crippen LogP contribution in [-0.4, -0.2) is 35.2 Å². The summed E-state index contributed by atoms with van der Waals surface area (Å²) in [6, 6.07) is 9.86. The Hall–Kier alpha value is -2.85. The molecule has 1 fully saturated rings. The number of imide groups is 1. The number of nitrogens with zero attached hydrogens (tertiary/aromatic N) is 2. The minimum absolute atomic E-state index is 0.0995. The van der Waals surface area contributed by atoms with Crippen LogP contribution in [0.1, 0.15) is 11.1 Å². The number of amides is 2. The minimum atomic E-state index is -0.583. The second-order valence-corrected chi connectivity index (χ2v) is 7.83. The van der Waals surface area contributed by atoms with Gasteiger partial charge in [-0.1, -0.05) is 28.1 Å². The summed E-state index contributed by atoms with van der Waals surface area (Å²) in [6.45, 7) is 0.114. The number of hydrogen-bond donors (Lipinski definition) is 0. The average Bonchev–Trinajstić information content (AvgIpc) is 2.96. The molecular weight excluding hydrogens is 464 g/mol. The maximum atomic E-state index is 12.7. The van der Waals surface area contributed by atoms with Crippen LogP contribution in [0.2, 0.25) is 0 Å². The zero-order chi connectivity index (χ0) is 21.1. The molecule has 2 aromatic carbocycles.